The standard InChI is InChI=1S/C15H14Cl2N2O2/c1-15(9-20,11-5-3-2-4-6-11)19-14(21)10-7-12(16)18-13(17)8-10/h2-8,20H,9H2,1H3,(H,19,21). The molecule has 1 amide bonds. The summed E-state index contributed by atoms with van der Waals surface area (Å²) < 4.78 is 0. The topological polar surface area (TPSA) is 62.2 Å². The number of rotatable bonds is 4. The summed E-state index contributed by atoms with van der Waals surface area (Å²) in [6, 6.07) is 12.1. The Labute approximate surface area is 132 Å². The lowest BCUT2D eigenvalue weighted by Gasteiger charge is -2.29. The molecule has 1 heterocycles. The predicted octanol–water partition coefficient (Wildman–Crippen LogP) is 3.03. The van der Waals surface area contributed by atoms with Crippen molar-refractivity contribution in [3.63, 3.8) is 0 Å². The smallest absolute Gasteiger partial charge is 0.252 e. The zero-order valence-electron chi connectivity index (χ0n) is 11.3. The Morgan fingerprint density at radius 2 is 1.81 bits per heavy atom. The first-order chi connectivity index (χ1) is 9.94. The molecule has 0 fully saturated rings. The van der Waals surface area contributed by atoms with Crippen LogP contribution in [0.3, 0.4) is 0 Å². The number of benzene rings is 1. The first kappa shape index (κ1) is 15.8. The van der Waals surface area contributed by atoms with Crippen molar-refractivity contribution in [1.82, 2.24) is 10.3 Å². The summed E-state index contributed by atoms with van der Waals surface area (Å²) in [6.07, 6.45) is 0. The van der Waals surface area contributed by atoms with Crippen LogP contribution in [0, 0.1) is 0 Å². The Kier molecular flexibility index (Phi) is 4.83. The van der Waals surface area contributed by atoms with Crippen LogP contribution in [0.1, 0.15) is 22.8 Å². The molecule has 1 aromatic carbocycles. The third-order valence-electron chi connectivity index (χ3n) is 3.14. The molecule has 1 unspecified atom stereocenters. The van der Waals surface area contributed by atoms with E-state index in [4.69, 9.17) is 23.2 Å². The summed E-state index contributed by atoms with van der Waals surface area (Å²) >= 11 is 11.6. The Morgan fingerprint density at radius 3 is 2.33 bits per heavy atom. The van der Waals surface area contributed by atoms with Crippen molar-refractivity contribution in [3.8, 4) is 0 Å². The quantitative estimate of drug-likeness (QED) is 0.850. The number of carbonyl (C=O) groups excluding carboxylic acids is 1. The van der Waals surface area contributed by atoms with Gasteiger partial charge < -0.3 is 10.4 Å². The van der Waals surface area contributed by atoms with E-state index < -0.39 is 5.54 Å². The Hall–Kier alpha value is -1.62. The molecule has 2 N–H and O–H groups in total. The maximum Gasteiger partial charge on any atom is 0.252 e. The minimum Gasteiger partial charge on any atom is -0.394 e. The van der Waals surface area contributed by atoms with Crippen molar-refractivity contribution >= 4 is 29.1 Å². The fraction of sp³-hybridized carbons (Fsp3) is 0.200. The Morgan fingerprint density at radius 1 is 1.24 bits per heavy atom. The number of halogens is 2. The highest BCUT2D eigenvalue weighted by molar-refractivity contribution is 6.33. The summed E-state index contributed by atoms with van der Waals surface area (Å²) in [5.74, 6) is -0.387. The molecular weight excluding hydrogens is 311 g/mol. The number of hydrogen-bond donors (Lipinski definition) is 2. The van der Waals surface area contributed by atoms with Crippen LogP contribution < -0.4 is 5.32 Å². The van der Waals surface area contributed by atoms with Gasteiger partial charge in [0.2, 0.25) is 0 Å². The molecule has 0 bridgehead atoms. The highest BCUT2D eigenvalue weighted by Crippen LogP contribution is 2.21. The van der Waals surface area contributed by atoms with E-state index in [0.29, 0.717) is 0 Å². The van der Waals surface area contributed by atoms with Crippen LogP contribution in [0.2, 0.25) is 10.3 Å². The number of aromatic nitrogens is 1. The number of nitrogens with one attached hydrogen (secondary N) is 1. The largest absolute Gasteiger partial charge is 0.394 e. The predicted molar refractivity (Wildman–Crippen MR) is 82.6 cm³/mol. The molecule has 1 aromatic heterocycles. The molecule has 0 aliphatic carbocycles. The average molecular weight is 325 g/mol. The van der Waals surface area contributed by atoms with Crippen molar-refractivity contribution in [3.05, 3.63) is 63.9 Å². The van der Waals surface area contributed by atoms with Crippen LogP contribution >= 0.6 is 23.2 Å². The van der Waals surface area contributed by atoms with E-state index >= 15 is 0 Å². The SMILES string of the molecule is CC(CO)(NC(=O)c1cc(Cl)nc(Cl)c1)c1ccccc1. The zero-order valence-corrected chi connectivity index (χ0v) is 12.8. The summed E-state index contributed by atoms with van der Waals surface area (Å²) in [6.45, 7) is 1.50. The third kappa shape index (κ3) is 3.73. The number of hydrogen-bond acceptors (Lipinski definition) is 3. The van der Waals surface area contributed by atoms with Gasteiger partial charge in [0.15, 0.2) is 0 Å². The van der Waals surface area contributed by atoms with Gasteiger partial charge in [-0.05, 0) is 24.6 Å². The van der Waals surface area contributed by atoms with Gasteiger partial charge in [0.05, 0.1) is 12.1 Å². The van der Waals surface area contributed by atoms with Crippen LogP contribution in [0.15, 0.2) is 42.5 Å². The molecule has 21 heavy (non-hydrogen) atoms. The summed E-state index contributed by atoms with van der Waals surface area (Å²) in [4.78, 5) is 16.1. The second-order valence-electron chi connectivity index (χ2n) is 4.81. The number of aliphatic hydroxyl groups excluding tert-OH is 1. The van der Waals surface area contributed by atoms with Crippen molar-refractivity contribution in [2.24, 2.45) is 0 Å². The third-order valence-corrected chi connectivity index (χ3v) is 3.53. The van der Waals surface area contributed by atoms with Crippen molar-refractivity contribution < 1.29 is 9.90 Å². The van der Waals surface area contributed by atoms with E-state index in [1.165, 1.54) is 12.1 Å². The summed E-state index contributed by atoms with van der Waals surface area (Å²) in [5, 5.41) is 12.7. The lowest BCUT2D eigenvalue weighted by Crippen LogP contribution is -2.46. The molecule has 0 spiro atoms. The van der Waals surface area contributed by atoms with Gasteiger partial charge in [-0.1, -0.05) is 53.5 Å². The number of aliphatic hydroxyl groups is 1. The van der Waals surface area contributed by atoms with Crippen molar-refractivity contribution in [2.45, 2.75) is 12.5 Å². The van der Waals surface area contributed by atoms with E-state index in [9.17, 15) is 9.90 Å². The molecule has 110 valence electrons. The van der Waals surface area contributed by atoms with Crippen molar-refractivity contribution in [2.75, 3.05) is 6.61 Å². The summed E-state index contributed by atoms with van der Waals surface area (Å²) in [7, 11) is 0. The Balaban J connectivity index is 2.28. The van der Waals surface area contributed by atoms with Crippen LogP contribution in [-0.4, -0.2) is 22.6 Å². The minimum absolute atomic E-state index is 0.137. The minimum atomic E-state index is -0.902. The molecule has 4 nitrogen and oxygen atoms in total. The van der Waals surface area contributed by atoms with E-state index in [2.05, 4.69) is 10.3 Å². The van der Waals surface area contributed by atoms with Gasteiger partial charge in [-0.2, -0.15) is 0 Å². The highest BCUT2D eigenvalue weighted by Gasteiger charge is 2.28. The zero-order chi connectivity index (χ0) is 15.5. The van der Waals surface area contributed by atoms with Gasteiger partial charge in [0.1, 0.15) is 10.3 Å². The molecular formula is C15H14Cl2N2O2. The molecule has 0 saturated heterocycles. The molecule has 1 atom stereocenters. The van der Waals surface area contributed by atoms with E-state index in [-0.39, 0.29) is 28.4 Å². The Bertz CT molecular complexity index is 629. The normalized spacial score (nSPS) is 13.5. The van der Waals surface area contributed by atoms with Crippen LogP contribution in [-0.2, 0) is 5.54 Å². The van der Waals surface area contributed by atoms with Crippen molar-refractivity contribution in [1.29, 1.82) is 0 Å². The van der Waals surface area contributed by atoms with Gasteiger partial charge >= 0.3 is 0 Å². The lowest BCUT2D eigenvalue weighted by molar-refractivity contribution is 0.0849. The summed E-state index contributed by atoms with van der Waals surface area (Å²) in [5.41, 5.74) is 0.184. The van der Waals surface area contributed by atoms with Crippen LogP contribution in [0.4, 0.5) is 0 Å². The van der Waals surface area contributed by atoms with Gasteiger partial charge in [0, 0.05) is 5.56 Å². The maximum atomic E-state index is 12.3. The molecule has 0 saturated carbocycles. The number of nitrogens with zero attached hydrogens (tertiary/aromatic N) is 1. The fourth-order valence-electron chi connectivity index (χ4n) is 1.93. The first-order valence-corrected chi connectivity index (χ1v) is 7.02. The maximum absolute atomic E-state index is 12.3. The van der Waals surface area contributed by atoms with Gasteiger partial charge in [0.25, 0.3) is 5.91 Å². The second-order valence-corrected chi connectivity index (χ2v) is 5.59. The monoisotopic (exact) mass is 324 g/mol. The molecule has 6 heteroatoms. The molecule has 2 rings (SSSR count). The van der Waals surface area contributed by atoms with E-state index in [0.717, 1.165) is 5.56 Å². The van der Waals surface area contributed by atoms with Gasteiger partial charge in [-0.15, -0.1) is 0 Å². The molecule has 0 aliphatic heterocycles. The molecule has 0 aliphatic rings. The highest BCUT2D eigenvalue weighted by atomic mass is 35.5. The van der Waals surface area contributed by atoms with Crippen LogP contribution in [0.5, 0.6) is 0 Å². The number of pyridine rings is 1. The molecule has 2 aromatic rings. The van der Waals surface area contributed by atoms with E-state index in [1.807, 2.05) is 30.3 Å². The van der Waals surface area contributed by atoms with Gasteiger partial charge in [-0.25, -0.2) is 4.98 Å². The first-order valence-electron chi connectivity index (χ1n) is 6.26. The second kappa shape index (κ2) is 6.43. The van der Waals surface area contributed by atoms with Crippen LogP contribution in [0.25, 0.3) is 0 Å². The lowest BCUT2D eigenvalue weighted by atomic mass is 9.92. The molecule has 0 radical (unpaired) electrons. The van der Waals surface area contributed by atoms with Gasteiger partial charge in [-0.3, -0.25) is 4.79 Å². The average Bonchev–Trinajstić information content (AvgIpc) is 2.47. The number of carbonyl (C=O) groups is 1. The fourth-order valence-corrected chi connectivity index (χ4v) is 2.39. The van der Waals surface area contributed by atoms with E-state index in [1.54, 1.807) is 6.92 Å². The number of amides is 1.